The summed E-state index contributed by atoms with van der Waals surface area (Å²) in [6, 6.07) is 4.42. The van der Waals surface area contributed by atoms with Crippen molar-refractivity contribution in [2.45, 2.75) is 25.6 Å². The third-order valence-corrected chi connectivity index (χ3v) is 3.20. The Labute approximate surface area is 103 Å². The van der Waals surface area contributed by atoms with Crippen LogP contribution in [0.2, 0.25) is 5.02 Å². The number of halogens is 2. The third kappa shape index (κ3) is 2.96. The van der Waals surface area contributed by atoms with Crippen molar-refractivity contribution >= 4 is 17.6 Å². The van der Waals surface area contributed by atoms with E-state index in [9.17, 15) is 9.18 Å². The van der Waals surface area contributed by atoms with E-state index in [1.54, 1.807) is 6.07 Å². The van der Waals surface area contributed by atoms with Crippen LogP contribution in [0.5, 0.6) is 0 Å². The highest BCUT2D eigenvalue weighted by Crippen LogP contribution is 2.31. The predicted octanol–water partition coefficient (Wildman–Crippen LogP) is 2.86. The smallest absolute Gasteiger partial charge is 0.306 e. The van der Waals surface area contributed by atoms with Crippen molar-refractivity contribution in [3.05, 3.63) is 34.6 Å². The molecule has 1 saturated carbocycles. The Morgan fingerprint density at radius 2 is 2.24 bits per heavy atom. The Balaban J connectivity index is 1.79. The average molecular weight is 259 g/mol. The van der Waals surface area contributed by atoms with Crippen molar-refractivity contribution in [3.63, 3.8) is 0 Å². The molecule has 17 heavy (non-hydrogen) atoms. The minimum Gasteiger partial charge on any atom is -0.481 e. The number of carbonyl (C=O) groups is 1. The van der Waals surface area contributed by atoms with E-state index < -0.39 is 11.8 Å². The number of benzene rings is 1. The van der Waals surface area contributed by atoms with Crippen LogP contribution in [0, 0.1) is 11.7 Å². The zero-order chi connectivity index (χ0) is 12.4. The molecule has 0 aromatic heterocycles. The molecule has 0 spiro atoms. The quantitative estimate of drug-likeness (QED) is 0.903. The second-order valence-corrected chi connectivity index (χ2v) is 4.60. The predicted molar refractivity (Wildman–Crippen MR) is 60.3 cm³/mol. The number of carboxylic acids is 1. The molecule has 92 valence electrons. The van der Waals surface area contributed by atoms with Crippen LogP contribution >= 0.6 is 11.6 Å². The second-order valence-electron chi connectivity index (χ2n) is 4.19. The van der Waals surface area contributed by atoms with Crippen molar-refractivity contribution in [2.24, 2.45) is 5.92 Å². The largest absolute Gasteiger partial charge is 0.481 e. The monoisotopic (exact) mass is 258 g/mol. The molecule has 0 bridgehead atoms. The average Bonchev–Trinajstić information content (AvgIpc) is 2.20. The Kier molecular flexibility index (Phi) is 3.64. The van der Waals surface area contributed by atoms with Crippen LogP contribution in [0.1, 0.15) is 18.4 Å². The Morgan fingerprint density at radius 1 is 1.53 bits per heavy atom. The maximum atomic E-state index is 12.9. The van der Waals surface area contributed by atoms with Gasteiger partial charge in [-0.05, 0) is 30.5 Å². The van der Waals surface area contributed by atoms with Crippen molar-refractivity contribution < 1.29 is 19.0 Å². The van der Waals surface area contributed by atoms with E-state index in [1.807, 2.05) is 0 Å². The Hall–Kier alpha value is -1.13. The first-order chi connectivity index (χ1) is 8.06. The molecule has 0 amide bonds. The van der Waals surface area contributed by atoms with Crippen molar-refractivity contribution in [1.82, 2.24) is 0 Å². The van der Waals surface area contributed by atoms with Crippen LogP contribution in [0.15, 0.2) is 18.2 Å². The van der Waals surface area contributed by atoms with Gasteiger partial charge in [-0.3, -0.25) is 4.79 Å². The fourth-order valence-electron chi connectivity index (χ4n) is 1.75. The summed E-state index contributed by atoms with van der Waals surface area (Å²) in [5.41, 5.74) is 0.787. The molecule has 3 nitrogen and oxygen atoms in total. The van der Waals surface area contributed by atoms with E-state index in [2.05, 4.69) is 0 Å². The van der Waals surface area contributed by atoms with Crippen molar-refractivity contribution in [1.29, 1.82) is 0 Å². The molecule has 0 saturated heterocycles. The van der Waals surface area contributed by atoms with Gasteiger partial charge in [-0.25, -0.2) is 4.39 Å². The minimum absolute atomic E-state index is 0.0140. The maximum Gasteiger partial charge on any atom is 0.306 e. The highest BCUT2D eigenvalue weighted by atomic mass is 35.5. The van der Waals surface area contributed by atoms with Crippen LogP contribution in [0.3, 0.4) is 0 Å². The molecule has 0 unspecified atom stereocenters. The molecular formula is C12H12ClFO3. The minimum atomic E-state index is -0.769. The van der Waals surface area contributed by atoms with Gasteiger partial charge in [0.25, 0.3) is 0 Å². The summed E-state index contributed by atoms with van der Waals surface area (Å²) in [4.78, 5) is 10.6. The summed E-state index contributed by atoms with van der Waals surface area (Å²) in [6.07, 6.45) is 1.08. The van der Waals surface area contributed by atoms with Crippen LogP contribution < -0.4 is 0 Å². The first kappa shape index (κ1) is 12.3. The Morgan fingerprint density at radius 3 is 2.82 bits per heavy atom. The lowest BCUT2D eigenvalue weighted by molar-refractivity contribution is -0.151. The lowest BCUT2D eigenvalue weighted by Crippen LogP contribution is -2.36. The van der Waals surface area contributed by atoms with Crippen LogP contribution in [0.25, 0.3) is 0 Å². The third-order valence-electron chi connectivity index (χ3n) is 2.91. The fraction of sp³-hybridized carbons (Fsp3) is 0.417. The van der Waals surface area contributed by atoms with Gasteiger partial charge in [0, 0.05) is 0 Å². The molecule has 1 N–H and O–H groups in total. The molecular weight excluding hydrogens is 247 g/mol. The number of hydrogen-bond donors (Lipinski definition) is 1. The van der Waals surface area contributed by atoms with Gasteiger partial charge in [0.15, 0.2) is 0 Å². The molecule has 1 fully saturated rings. The van der Waals surface area contributed by atoms with Gasteiger partial charge in [-0.15, -0.1) is 0 Å². The molecule has 1 aliphatic carbocycles. The molecule has 1 aromatic rings. The van der Waals surface area contributed by atoms with E-state index in [-0.39, 0.29) is 17.0 Å². The van der Waals surface area contributed by atoms with E-state index in [1.165, 1.54) is 12.1 Å². The molecule has 0 radical (unpaired) electrons. The van der Waals surface area contributed by atoms with E-state index >= 15 is 0 Å². The molecule has 5 heteroatoms. The van der Waals surface area contributed by atoms with E-state index in [0.717, 1.165) is 5.56 Å². The second kappa shape index (κ2) is 5.02. The van der Waals surface area contributed by atoms with Gasteiger partial charge in [-0.2, -0.15) is 0 Å². The topological polar surface area (TPSA) is 46.5 Å². The highest BCUT2D eigenvalue weighted by molar-refractivity contribution is 6.30. The van der Waals surface area contributed by atoms with Crippen molar-refractivity contribution in [3.8, 4) is 0 Å². The highest BCUT2D eigenvalue weighted by Gasteiger charge is 2.34. The Bertz CT molecular complexity index is 430. The van der Waals surface area contributed by atoms with E-state index in [4.69, 9.17) is 21.4 Å². The maximum absolute atomic E-state index is 12.9. The summed E-state index contributed by atoms with van der Waals surface area (Å²) in [5, 5.41) is 8.76. The van der Waals surface area contributed by atoms with Gasteiger partial charge >= 0.3 is 5.97 Å². The summed E-state index contributed by atoms with van der Waals surface area (Å²) < 4.78 is 18.4. The van der Waals surface area contributed by atoms with Crippen LogP contribution in [-0.2, 0) is 16.1 Å². The lowest BCUT2D eigenvalue weighted by Gasteiger charge is -2.32. The molecule has 0 aliphatic heterocycles. The van der Waals surface area contributed by atoms with Gasteiger partial charge in [-0.1, -0.05) is 17.7 Å². The SMILES string of the molecule is O=C(O)[C@H]1C[C@H](OCc2ccc(F)c(Cl)c2)C1. The summed E-state index contributed by atoms with van der Waals surface area (Å²) in [7, 11) is 0. The molecule has 0 atom stereocenters. The molecule has 1 aliphatic rings. The molecule has 1 aromatic carbocycles. The lowest BCUT2D eigenvalue weighted by atomic mass is 9.82. The zero-order valence-corrected chi connectivity index (χ0v) is 9.78. The van der Waals surface area contributed by atoms with Gasteiger partial charge < -0.3 is 9.84 Å². The number of rotatable bonds is 4. The number of aliphatic carboxylic acids is 1. The fourth-order valence-corrected chi connectivity index (χ4v) is 1.95. The van der Waals surface area contributed by atoms with Crippen LogP contribution in [-0.4, -0.2) is 17.2 Å². The van der Waals surface area contributed by atoms with Crippen LogP contribution in [0.4, 0.5) is 4.39 Å². The van der Waals surface area contributed by atoms with E-state index in [0.29, 0.717) is 19.4 Å². The van der Waals surface area contributed by atoms with Gasteiger partial charge in [0.1, 0.15) is 5.82 Å². The summed E-state index contributed by atoms with van der Waals surface area (Å²) in [6.45, 7) is 0.330. The molecule has 0 heterocycles. The first-order valence-corrected chi connectivity index (χ1v) is 5.72. The van der Waals surface area contributed by atoms with Gasteiger partial charge in [0.05, 0.1) is 23.7 Å². The molecule has 2 rings (SSSR count). The normalized spacial score (nSPS) is 23.2. The summed E-state index contributed by atoms with van der Waals surface area (Å²) in [5.74, 6) is -1.50. The van der Waals surface area contributed by atoms with Crippen molar-refractivity contribution in [2.75, 3.05) is 0 Å². The first-order valence-electron chi connectivity index (χ1n) is 5.34. The number of ether oxygens (including phenoxy) is 1. The standard InChI is InChI=1S/C12H12ClFO3/c13-10-3-7(1-2-11(10)14)6-17-9-4-8(5-9)12(15)16/h1-3,8-9H,4-6H2,(H,15,16)/t8-,9-. The number of carboxylic acid groups (broad SMARTS) is 1. The number of hydrogen-bond acceptors (Lipinski definition) is 2. The zero-order valence-electron chi connectivity index (χ0n) is 9.03. The van der Waals surface area contributed by atoms with Gasteiger partial charge in [0.2, 0.25) is 0 Å². The summed E-state index contributed by atoms with van der Waals surface area (Å²) >= 11 is 5.63.